The first-order valence-corrected chi connectivity index (χ1v) is 6.94. The van der Waals surface area contributed by atoms with Crippen LogP contribution in [0.3, 0.4) is 0 Å². The molecule has 0 atom stereocenters. The lowest BCUT2D eigenvalue weighted by molar-refractivity contribution is -0.116. The van der Waals surface area contributed by atoms with Gasteiger partial charge in [-0.15, -0.1) is 0 Å². The summed E-state index contributed by atoms with van der Waals surface area (Å²) in [5.74, 6) is 0.538. The number of hydrogen-bond acceptors (Lipinski definition) is 2. The second-order valence-corrected chi connectivity index (χ2v) is 5.19. The molecular formula is C17H20N2O. The molecule has 0 aliphatic rings. The zero-order valence-electron chi connectivity index (χ0n) is 12.0. The van der Waals surface area contributed by atoms with Gasteiger partial charge in [0.05, 0.1) is 0 Å². The van der Waals surface area contributed by atoms with E-state index in [-0.39, 0.29) is 5.91 Å². The molecule has 0 radical (unpaired) electrons. The van der Waals surface area contributed by atoms with Crippen LogP contribution in [0.25, 0.3) is 0 Å². The van der Waals surface area contributed by atoms with Gasteiger partial charge >= 0.3 is 0 Å². The Morgan fingerprint density at radius 2 is 1.95 bits per heavy atom. The van der Waals surface area contributed by atoms with Crippen LogP contribution >= 0.6 is 0 Å². The van der Waals surface area contributed by atoms with Crippen LogP contribution < -0.4 is 5.32 Å². The number of carbonyl (C=O) groups is 1. The SMILES string of the molecule is CC(C)c1ccc(NC(=O)CCc2cccnc2)cc1. The van der Waals surface area contributed by atoms with Gasteiger partial charge < -0.3 is 5.32 Å². The Morgan fingerprint density at radius 1 is 1.20 bits per heavy atom. The Balaban J connectivity index is 1.85. The molecule has 0 fully saturated rings. The molecule has 0 unspecified atom stereocenters. The van der Waals surface area contributed by atoms with E-state index in [4.69, 9.17) is 0 Å². The van der Waals surface area contributed by atoms with Crippen molar-refractivity contribution in [3.63, 3.8) is 0 Å². The highest BCUT2D eigenvalue weighted by atomic mass is 16.1. The van der Waals surface area contributed by atoms with Gasteiger partial charge in [0.15, 0.2) is 0 Å². The van der Waals surface area contributed by atoms with Gasteiger partial charge in [0.1, 0.15) is 0 Å². The molecule has 3 nitrogen and oxygen atoms in total. The van der Waals surface area contributed by atoms with E-state index in [1.807, 2.05) is 24.3 Å². The fourth-order valence-electron chi connectivity index (χ4n) is 1.98. The summed E-state index contributed by atoms with van der Waals surface area (Å²) in [6.07, 6.45) is 4.71. The standard InChI is InChI=1S/C17H20N2O/c1-13(2)15-6-8-16(9-7-15)19-17(20)10-5-14-4-3-11-18-12-14/h3-4,6-9,11-13H,5,10H2,1-2H3,(H,19,20). The maximum Gasteiger partial charge on any atom is 0.224 e. The molecule has 1 heterocycles. The van der Waals surface area contributed by atoms with Crippen molar-refractivity contribution in [3.05, 3.63) is 59.9 Å². The van der Waals surface area contributed by atoms with Gasteiger partial charge in [-0.1, -0.05) is 32.0 Å². The molecule has 0 aliphatic heterocycles. The molecule has 1 amide bonds. The van der Waals surface area contributed by atoms with Crippen LogP contribution in [0, 0.1) is 0 Å². The first-order chi connectivity index (χ1) is 9.65. The van der Waals surface area contributed by atoms with Crippen molar-refractivity contribution in [1.29, 1.82) is 0 Å². The van der Waals surface area contributed by atoms with Crippen molar-refractivity contribution in [2.75, 3.05) is 5.32 Å². The third kappa shape index (κ3) is 4.19. The van der Waals surface area contributed by atoms with E-state index < -0.39 is 0 Å². The Bertz CT molecular complexity index is 547. The first-order valence-electron chi connectivity index (χ1n) is 6.94. The van der Waals surface area contributed by atoms with Crippen LogP contribution in [0.15, 0.2) is 48.8 Å². The highest BCUT2D eigenvalue weighted by molar-refractivity contribution is 5.90. The Kier molecular flexibility index (Phi) is 4.88. The van der Waals surface area contributed by atoms with Gasteiger partial charge in [0, 0.05) is 24.5 Å². The summed E-state index contributed by atoms with van der Waals surface area (Å²) in [5, 5.41) is 2.92. The number of nitrogens with zero attached hydrogens (tertiary/aromatic N) is 1. The number of anilines is 1. The maximum atomic E-state index is 11.9. The summed E-state index contributed by atoms with van der Waals surface area (Å²) >= 11 is 0. The van der Waals surface area contributed by atoms with E-state index in [9.17, 15) is 4.79 Å². The summed E-state index contributed by atoms with van der Waals surface area (Å²) in [6.45, 7) is 4.31. The number of hydrogen-bond donors (Lipinski definition) is 1. The van der Waals surface area contributed by atoms with Crippen molar-refractivity contribution >= 4 is 11.6 Å². The average Bonchev–Trinajstić information content (AvgIpc) is 2.47. The van der Waals surface area contributed by atoms with Gasteiger partial charge in [0.25, 0.3) is 0 Å². The largest absolute Gasteiger partial charge is 0.326 e. The van der Waals surface area contributed by atoms with Crippen molar-refractivity contribution in [2.24, 2.45) is 0 Å². The zero-order valence-corrected chi connectivity index (χ0v) is 12.0. The molecule has 104 valence electrons. The third-order valence-corrected chi connectivity index (χ3v) is 3.22. The van der Waals surface area contributed by atoms with E-state index >= 15 is 0 Å². The Hall–Kier alpha value is -2.16. The number of pyridine rings is 1. The maximum absolute atomic E-state index is 11.9. The fraction of sp³-hybridized carbons (Fsp3) is 0.294. The number of aromatic nitrogens is 1. The number of aryl methyl sites for hydroxylation is 1. The summed E-state index contributed by atoms with van der Waals surface area (Å²) in [4.78, 5) is 15.9. The molecule has 0 bridgehead atoms. The summed E-state index contributed by atoms with van der Waals surface area (Å²) in [7, 11) is 0. The van der Waals surface area contributed by atoms with E-state index in [2.05, 4.69) is 36.3 Å². The van der Waals surface area contributed by atoms with E-state index in [0.717, 1.165) is 11.3 Å². The second-order valence-electron chi connectivity index (χ2n) is 5.19. The first kappa shape index (κ1) is 14.3. The molecule has 1 aromatic heterocycles. The second kappa shape index (κ2) is 6.85. The molecule has 1 aromatic carbocycles. The number of amides is 1. The zero-order chi connectivity index (χ0) is 14.4. The molecule has 2 aromatic rings. The van der Waals surface area contributed by atoms with Gasteiger partial charge in [-0.2, -0.15) is 0 Å². The van der Waals surface area contributed by atoms with E-state index in [1.165, 1.54) is 5.56 Å². The van der Waals surface area contributed by atoms with E-state index in [1.54, 1.807) is 12.4 Å². The molecule has 2 rings (SSSR count). The molecule has 20 heavy (non-hydrogen) atoms. The number of benzene rings is 1. The molecule has 0 aliphatic carbocycles. The summed E-state index contributed by atoms with van der Waals surface area (Å²) in [5.41, 5.74) is 3.21. The van der Waals surface area contributed by atoms with Crippen molar-refractivity contribution < 1.29 is 4.79 Å². The van der Waals surface area contributed by atoms with Crippen molar-refractivity contribution in [3.8, 4) is 0 Å². The monoisotopic (exact) mass is 268 g/mol. The molecule has 3 heteroatoms. The lowest BCUT2D eigenvalue weighted by Gasteiger charge is -2.08. The number of nitrogens with one attached hydrogen (secondary N) is 1. The highest BCUT2D eigenvalue weighted by Crippen LogP contribution is 2.17. The predicted molar refractivity (Wildman–Crippen MR) is 81.7 cm³/mol. The molecule has 0 saturated heterocycles. The normalized spacial score (nSPS) is 10.6. The van der Waals surface area contributed by atoms with Gasteiger partial charge in [0.2, 0.25) is 5.91 Å². The topological polar surface area (TPSA) is 42.0 Å². The summed E-state index contributed by atoms with van der Waals surface area (Å²) < 4.78 is 0. The Morgan fingerprint density at radius 3 is 2.55 bits per heavy atom. The van der Waals surface area contributed by atoms with Crippen LogP contribution in [0.2, 0.25) is 0 Å². The third-order valence-electron chi connectivity index (χ3n) is 3.22. The lowest BCUT2D eigenvalue weighted by atomic mass is 10.0. The lowest BCUT2D eigenvalue weighted by Crippen LogP contribution is -2.12. The van der Waals surface area contributed by atoms with Gasteiger partial charge in [-0.25, -0.2) is 0 Å². The van der Waals surface area contributed by atoms with E-state index in [0.29, 0.717) is 18.8 Å². The predicted octanol–water partition coefficient (Wildman–Crippen LogP) is 3.78. The van der Waals surface area contributed by atoms with Crippen LogP contribution in [0.5, 0.6) is 0 Å². The number of rotatable bonds is 5. The van der Waals surface area contributed by atoms with Crippen LogP contribution in [0.1, 0.15) is 37.3 Å². The molecular weight excluding hydrogens is 248 g/mol. The van der Waals surface area contributed by atoms with Crippen molar-refractivity contribution in [2.45, 2.75) is 32.6 Å². The van der Waals surface area contributed by atoms with Gasteiger partial charge in [-0.05, 0) is 41.7 Å². The Labute approximate surface area is 120 Å². The van der Waals surface area contributed by atoms with Crippen molar-refractivity contribution in [1.82, 2.24) is 4.98 Å². The molecule has 0 spiro atoms. The van der Waals surface area contributed by atoms with Crippen LogP contribution in [-0.2, 0) is 11.2 Å². The minimum Gasteiger partial charge on any atom is -0.326 e. The van der Waals surface area contributed by atoms with Gasteiger partial charge in [-0.3, -0.25) is 9.78 Å². The highest BCUT2D eigenvalue weighted by Gasteiger charge is 2.04. The molecule has 1 N–H and O–H groups in total. The quantitative estimate of drug-likeness (QED) is 0.896. The van der Waals surface area contributed by atoms with Crippen LogP contribution in [-0.4, -0.2) is 10.9 Å². The fourth-order valence-corrected chi connectivity index (χ4v) is 1.98. The minimum atomic E-state index is 0.0335. The number of carbonyl (C=O) groups excluding carboxylic acids is 1. The molecule has 0 saturated carbocycles. The summed E-state index contributed by atoms with van der Waals surface area (Å²) in [6, 6.07) is 11.9. The average molecular weight is 268 g/mol. The smallest absolute Gasteiger partial charge is 0.224 e. The van der Waals surface area contributed by atoms with Crippen LogP contribution in [0.4, 0.5) is 5.69 Å². The minimum absolute atomic E-state index is 0.0335.